The number of hydrogen-bond acceptors (Lipinski definition) is 4. The molecule has 5 heteroatoms. The number of benzene rings is 2. The van der Waals surface area contributed by atoms with Crippen molar-refractivity contribution in [3.8, 4) is 0 Å². The minimum atomic E-state index is -0.328. The first kappa shape index (κ1) is 17.4. The van der Waals surface area contributed by atoms with Crippen molar-refractivity contribution in [3.63, 3.8) is 0 Å². The molecule has 1 N–H and O–H groups in total. The number of amides is 1. The number of nitrogens with zero attached hydrogens (tertiary/aromatic N) is 1. The lowest BCUT2D eigenvalue weighted by Gasteiger charge is -2.23. The molecule has 1 amide bonds. The quantitative estimate of drug-likeness (QED) is 0.850. The number of rotatable bonds is 5. The molecule has 132 valence electrons. The number of nitrogens with one attached hydrogen (secondary N) is 1. The van der Waals surface area contributed by atoms with E-state index in [1.54, 1.807) is 0 Å². The molecule has 2 aromatic carbocycles. The van der Waals surface area contributed by atoms with Crippen LogP contribution in [0.25, 0.3) is 10.8 Å². The summed E-state index contributed by atoms with van der Waals surface area (Å²) in [5.41, 5.74) is 1.18. The summed E-state index contributed by atoms with van der Waals surface area (Å²) in [5, 5.41) is 5.38. The van der Waals surface area contributed by atoms with Crippen molar-refractivity contribution in [2.24, 2.45) is 0 Å². The minimum Gasteiger partial charge on any atom is -0.468 e. The van der Waals surface area contributed by atoms with Gasteiger partial charge >= 0.3 is 5.97 Å². The molecule has 0 unspecified atom stereocenters. The highest BCUT2D eigenvalue weighted by molar-refractivity contribution is 5.85. The topological polar surface area (TPSA) is 58.6 Å². The third kappa shape index (κ3) is 3.82. The number of esters is 1. The fourth-order valence-corrected chi connectivity index (χ4v) is 3.54. The lowest BCUT2D eigenvalue weighted by molar-refractivity contribution is -0.146. The SMILES string of the molecule is CCC(=O)N[C@H]1C[C@@H](C(=O)OC)N(Cc2cccc3ccccc23)C1. The van der Waals surface area contributed by atoms with Crippen LogP contribution in [0.5, 0.6) is 0 Å². The van der Waals surface area contributed by atoms with Crippen LogP contribution in [0, 0.1) is 0 Å². The molecular formula is C20H24N2O3. The van der Waals surface area contributed by atoms with Crippen LogP contribution in [-0.4, -0.2) is 42.5 Å². The Kier molecular flexibility index (Phi) is 5.34. The molecule has 0 aromatic heterocycles. The molecule has 2 atom stereocenters. The second kappa shape index (κ2) is 7.66. The fourth-order valence-electron chi connectivity index (χ4n) is 3.54. The second-order valence-corrected chi connectivity index (χ2v) is 6.46. The standard InChI is InChI=1S/C20H24N2O3/c1-3-19(23)21-16-11-18(20(24)25-2)22(13-16)12-15-9-6-8-14-7-4-5-10-17(14)15/h4-10,16,18H,3,11-13H2,1-2H3,(H,21,23)/t16-,18-/m0/s1. The highest BCUT2D eigenvalue weighted by Crippen LogP contribution is 2.25. The van der Waals surface area contributed by atoms with Crippen LogP contribution >= 0.6 is 0 Å². The summed E-state index contributed by atoms with van der Waals surface area (Å²) >= 11 is 0. The lowest BCUT2D eigenvalue weighted by atomic mass is 10.0. The van der Waals surface area contributed by atoms with Gasteiger partial charge in [-0.3, -0.25) is 14.5 Å². The fraction of sp³-hybridized carbons (Fsp3) is 0.400. The van der Waals surface area contributed by atoms with Gasteiger partial charge in [-0.15, -0.1) is 0 Å². The van der Waals surface area contributed by atoms with E-state index in [9.17, 15) is 9.59 Å². The molecule has 1 fully saturated rings. The molecule has 1 aliphatic rings. The molecule has 0 aliphatic carbocycles. The van der Waals surface area contributed by atoms with Crippen molar-refractivity contribution in [2.75, 3.05) is 13.7 Å². The van der Waals surface area contributed by atoms with Gasteiger partial charge in [-0.05, 0) is 22.8 Å². The van der Waals surface area contributed by atoms with Crippen LogP contribution in [-0.2, 0) is 20.9 Å². The van der Waals surface area contributed by atoms with E-state index >= 15 is 0 Å². The predicted molar refractivity (Wildman–Crippen MR) is 97.0 cm³/mol. The maximum Gasteiger partial charge on any atom is 0.323 e. The molecule has 0 radical (unpaired) electrons. The van der Waals surface area contributed by atoms with Gasteiger partial charge in [-0.2, -0.15) is 0 Å². The summed E-state index contributed by atoms with van der Waals surface area (Å²) in [6.07, 6.45) is 1.03. The Morgan fingerprint density at radius 3 is 2.72 bits per heavy atom. The van der Waals surface area contributed by atoms with Gasteiger partial charge in [0.2, 0.25) is 5.91 Å². The third-order valence-electron chi connectivity index (χ3n) is 4.82. The van der Waals surface area contributed by atoms with Crippen molar-refractivity contribution < 1.29 is 14.3 Å². The Labute approximate surface area is 148 Å². The van der Waals surface area contributed by atoms with Crippen molar-refractivity contribution in [1.82, 2.24) is 10.2 Å². The van der Waals surface area contributed by atoms with E-state index in [-0.39, 0.29) is 24.0 Å². The van der Waals surface area contributed by atoms with Crippen LogP contribution in [0.3, 0.4) is 0 Å². The van der Waals surface area contributed by atoms with Crippen LogP contribution in [0.15, 0.2) is 42.5 Å². The summed E-state index contributed by atoms with van der Waals surface area (Å²) in [5.74, 6) is -0.228. The largest absolute Gasteiger partial charge is 0.468 e. The van der Waals surface area contributed by atoms with Crippen molar-refractivity contribution in [1.29, 1.82) is 0 Å². The summed E-state index contributed by atoms with van der Waals surface area (Å²) in [4.78, 5) is 26.0. The molecule has 1 aliphatic heterocycles. The Morgan fingerprint density at radius 2 is 1.96 bits per heavy atom. The Hall–Kier alpha value is -2.40. The summed E-state index contributed by atoms with van der Waals surface area (Å²) < 4.78 is 4.98. The third-order valence-corrected chi connectivity index (χ3v) is 4.82. The molecule has 2 aromatic rings. The number of carbonyl (C=O) groups excluding carboxylic acids is 2. The Morgan fingerprint density at radius 1 is 1.20 bits per heavy atom. The Balaban J connectivity index is 1.82. The van der Waals surface area contributed by atoms with Gasteiger partial charge in [0.1, 0.15) is 6.04 Å². The van der Waals surface area contributed by atoms with E-state index in [2.05, 4.69) is 34.5 Å². The highest BCUT2D eigenvalue weighted by Gasteiger charge is 2.38. The molecule has 25 heavy (non-hydrogen) atoms. The summed E-state index contributed by atoms with van der Waals surface area (Å²) in [6.45, 7) is 3.13. The van der Waals surface area contributed by atoms with Crippen molar-refractivity contribution >= 4 is 22.6 Å². The number of fused-ring (bicyclic) bond motifs is 1. The van der Waals surface area contributed by atoms with Crippen molar-refractivity contribution in [3.05, 3.63) is 48.0 Å². The second-order valence-electron chi connectivity index (χ2n) is 6.46. The van der Waals surface area contributed by atoms with Crippen LogP contribution in [0.2, 0.25) is 0 Å². The van der Waals surface area contributed by atoms with Crippen molar-refractivity contribution in [2.45, 2.75) is 38.4 Å². The van der Waals surface area contributed by atoms with E-state index in [1.165, 1.54) is 23.4 Å². The van der Waals surface area contributed by atoms with Gasteiger partial charge in [0.25, 0.3) is 0 Å². The molecular weight excluding hydrogens is 316 g/mol. The van der Waals surface area contributed by atoms with E-state index in [4.69, 9.17) is 4.74 Å². The van der Waals surface area contributed by atoms with Gasteiger partial charge in [0, 0.05) is 25.6 Å². The van der Waals surface area contributed by atoms with Crippen LogP contribution < -0.4 is 5.32 Å². The smallest absolute Gasteiger partial charge is 0.323 e. The van der Waals surface area contributed by atoms with Crippen LogP contribution in [0.4, 0.5) is 0 Å². The van der Waals surface area contributed by atoms with Gasteiger partial charge in [-0.25, -0.2) is 0 Å². The lowest BCUT2D eigenvalue weighted by Crippen LogP contribution is -2.37. The van der Waals surface area contributed by atoms with Gasteiger partial charge in [-0.1, -0.05) is 49.4 Å². The minimum absolute atomic E-state index is 0.0145. The summed E-state index contributed by atoms with van der Waals surface area (Å²) in [6, 6.07) is 14.1. The Bertz CT molecular complexity index is 769. The number of hydrogen-bond donors (Lipinski definition) is 1. The van der Waals surface area contributed by atoms with Gasteiger partial charge in [0.15, 0.2) is 0 Å². The van der Waals surface area contributed by atoms with E-state index in [1.807, 2.05) is 25.1 Å². The maximum absolute atomic E-state index is 12.2. The molecule has 5 nitrogen and oxygen atoms in total. The zero-order valence-electron chi connectivity index (χ0n) is 14.7. The van der Waals surface area contributed by atoms with Crippen LogP contribution in [0.1, 0.15) is 25.3 Å². The zero-order chi connectivity index (χ0) is 17.8. The maximum atomic E-state index is 12.2. The first-order chi connectivity index (χ1) is 12.1. The molecule has 0 spiro atoms. The van der Waals surface area contributed by atoms with Gasteiger partial charge < -0.3 is 10.1 Å². The number of ether oxygens (including phenoxy) is 1. The number of carbonyl (C=O) groups is 2. The number of methoxy groups -OCH3 is 1. The van der Waals surface area contributed by atoms with E-state index in [0.717, 1.165) is 0 Å². The monoisotopic (exact) mass is 340 g/mol. The molecule has 0 saturated carbocycles. The number of likely N-dealkylation sites (tertiary alicyclic amines) is 1. The molecule has 1 saturated heterocycles. The predicted octanol–water partition coefficient (Wildman–Crippen LogP) is 2.48. The zero-order valence-corrected chi connectivity index (χ0v) is 14.7. The summed E-state index contributed by atoms with van der Waals surface area (Å²) in [7, 11) is 1.41. The molecule has 1 heterocycles. The highest BCUT2D eigenvalue weighted by atomic mass is 16.5. The first-order valence-electron chi connectivity index (χ1n) is 8.70. The van der Waals surface area contributed by atoms with Gasteiger partial charge in [0.05, 0.1) is 7.11 Å². The normalized spacial score (nSPS) is 20.6. The first-order valence-corrected chi connectivity index (χ1v) is 8.70. The van der Waals surface area contributed by atoms with E-state index in [0.29, 0.717) is 25.9 Å². The molecule has 0 bridgehead atoms. The molecule has 3 rings (SSSR count). The average Bonchev–Trinajstić information content (AvgIpc) is 3.03. The van der Waals surface area contributed by atoms with E-state index < -0.39 is 0 Å². The average molecular weight is 340 g/mol.